The van der Waals surface area contributed by atoms with E-state index in [1.165, 1.54) is 7.11 Å². The Morgan fingerprint density at radius 1 is 1.11 bits per heavy atom. The van der Waals surface area contributed by atoms with E-state index < -0.39 is 58.0 Å². The summed E-state index contributed by atoms with van der Waals surface area (Å²) in [5.41, 5.74) is -1.07. The summed E-state index contributed by atoms with van der Waals surface area (Å²) in [4.78, 5) is 52.3. The molecule has 202 valence electrons. The molecular weight excluding hydrogens is 544 g/mol. The molecule has 17 nitrogen and oxygen atoms in total. The van der Waals surface area contributed by atoms with Crippen LogP contribution in [-0.4, -0.2) is 71.2 Å². The van der Waals surface area contributed by atoms with Crippen LogP contribution in [0.15, 0.2) is 44.6 Å². The molecular formula is C18H21N3O14P2. The number of benzene rings is 1. The summed E-state index contributed by atoms with van der Waals surface area (Å²) < 4.78 is 47.9. The predicted octanol–water partition coefficient (Wildman–Crippen LogP) is -0.946. The first-order valence-corrected chi connectivity index (χ1v) is 13.3. The van der Waals surface area contributed by atoms with E-state index >= 15 is 0 Å². The van der Waals surface area contributed by atoms with Crippen molar-refractivity contribution >= 4 is 26.6 Å². The van der Waals surface area contributed by atoms with Crippen LogP contribution < -0.4 is 16.0 Å². The molecule has 1 aliphatic rings. The molecule has 1 aliphatic heterocycles. The monoisotopic (exact) mass is 565 g/mol. The minimum atomic E-state index is -5.38. The average molecular weight is 565 g/mol. The van der Waals surface area contributed by atoms with Crippen LogP contribution >= 0.6 is 15.6 Å². The lowest BCUT2D eigenvalue weighted by atomic mass is 10.1. The highest BCUT2D eigenvalue weighted by Gasteiger charge is 2.46. The highest BCUT2D eigenvalue weighted by atomic mass is 31.3. The fraction of sp³-hybridized carbons (Fsp3) is 0.389. The molecule has 19 heteroatoms. The van der Waals surface area contributed by atoms with Gasteiger partial charge >= 0.3 is 21.3 Å². The van der Waals surface area contributed by atoms with E-state index in [-0.39, 0.29) is 12.2 Å². The fourth-order valence-corrected chi connectivity index (χ4v) is 5.25. The number of rotatable bonds is 9. The number of phosphoric ester groups is 1. The number of aromatic nitrogens is 3. The summed E-state index contributed by atoms with van der Waals surface area (Å²) >= 11 is 0. The van der Waals surface area contributed by atoms with Crippen molar-refractivity contribution in [2.24, 2.45) is 0 Å². The molecule has 0 amide bonds. The summed E-state index contributed by atoms with van der Waals surface area (Å²) in [6, 6.07) is 5.84. The van der Waals surface area contributed by atoms with Gasteiger partial charge in [0.15, 0.2) is 11.8 Å². The standard InChI is InChI=1S/C18H21N3O14P2/c1-31-9-2-3-12-10(6-9)11(19-34-12)7-21-14(22)4-5-20(18(21)25)17-16(24)15(23)13(33-17)8-32-37(29,30)35-36(26,27)28/h2-6,13,15-17,23-24H,7-8H2,1H3,(H,29,30)(H2,26,27,28)/t13-,15+,16+,17-/m1/s1. The third-order valence-electron chi connectivity index (χ3n) is 5.38. The van der Waals surface area contributed by atoms with Crippen LogP contribution in [0, 0.1) is 0 Å². The van der Waals surface area contributed by atoms with Gasteiger partial charge in [-0.05, 0) is 18.2 Å². The molecule has 0 spiro atoms. The Hall–Kier alpha value is -2.69. The van der Waals surface area contributed by atoms with E-state index in [0.717, 1.165) is 21.4 Å². The van der Waals surface area contributed by atoms with Gasteiger partial charge in [0.05, 0.1) is 25.6 Å². The quantitative estimate of drug-likeness (QED) is 0.197. The summed E-state index contributed by atoms with van der Waals surface area (Å²) in [7, 11) is -9.19. The highest BCUT2D eigenvalue weighted by Crippen LogP contribution is 2.57. The minimum Gasteiger partial charge on any atom is -0.497 e. The number of hydrogen-bond acceptors (Lipinski definition) is 12. The Kier molecular flexibility index (Phi) is 7.56. The Balaban J connectivity index is 1.58. The zero-order chi connectivity index (χ0) is 27.1. The van der Waals surface area contributed by atoms with Crippen LogP contribution in [0.25, 0.3) is 11.0 Å². The van der Waals surface area contributed by atoms with Gasteiger partial charge in [0, 0.05) is 12.3 Å². The van der Waals surface area contributed by atoms with E-state index in [1.807, 2.05) is 0 Å². The van der Waals surface area contributed by atoms with Crippen LogP contribution in [-0.2, 0) is 29.2 Å². The number of ether oxygens (including phenoxy) is 2. The molecule has 5 atom stereocenters. The second kappa shape index (κ2) is 10.2. The lowest BCUT2D eigenvalue weighted by molar-refractivity contribution is -0.0547. The average Bonchev–Trinajstić information content (AvgIpc) is 3.34. The van der Waals surface area contributed by atoms with E-state index in [2.05, 4.69) is 14.0 Å². The first-order chi connectivity index (χ1) is 17.3. The molecule has 3 heterocycles. The van der Waals surface area contributed by atoms with Crippen LogP contribution in [0.2, 0.25) is 0 Å². The largest absolute Gasteiger partial charge is 0.497 e. The molecule has 4 rings (SSSR count). The van der Waals surface area contributed by atoms with E-state index in [4.69, 9.17) is 23.8 Å². The molecule has 0 radical (unpaired) electrons. The first kappa shape index (κ1) is 27.3. The molecule has 1 aromatic carbocycles. The summed E-state index contributed by atoms with van der Waals surface area (Å²) in [6.45, 7) is -1.28. The Bertz CT molecular complexity index is 1510. The van der Waals surface area contributed by atoms with Crippen molar-refractivity contribution in [3.8, 4) is 5.75 Å². The molecule has 1 fully saturated rings. The SMILES string of the molecule is COc1ccc2onc(Cn3c(=O)ccn([C@@H]4O[C@H](COP(=O)(O)OP(=O)(O)O)[C@H](O)[C@@H]4O)c3=O)c2c1. The Morgan fingerprint density at radius 2 is 1.84 bits per heavy atom. The van der Waals surface area contributed by atoms with Gasteiger partial charge in [0.2, 0.25) is 0 Å². The Morgan fingerprint density at radius 3 is 2.51 bits per heavy atom. The number of aliphatic hydroxyl groups excluding tert-OH is 2. The lowest BCUT2D eigenvalue weighted by Crippen LogP contribution is -2.43. The van der Waals surface area contributed by atoms with E-state index in [0.29, 0.717) is 16.7 Å². The smallest absolute Gasteiger partial charge is 0.481 e. The molecule has 0 saturated carbocycles. The fourth-order valence-electron chi connectivity index (χ4n) is 3.65. The van der Waals surface area contributed by atoms with Crippen molar-refractivity contribution < 1.29 is 56.9 Å². The van der Waals surface area contributed by atoms with Gasteiger partial charge in [-0.25, -0.2) is 13.9 Å². The number of nitrogens with zero attached hydrogens (tertiary/aromatic N) is 3. The predicted molar refractivity (Wildman–Crippen MR) is 119 cm³/mol. The molecule has 0 bridgehead atoms. The van der Waals surface area contributed by atoms with Crippen molar-refractivity contribution in [3.63, 3.8) is 0 Å². The molecule has 5 N–H and O–H groups in total. The number of methoxy groups -OCH3 is 1. The maximum Gasteiger partial charge on any atom is 0.481 e. The maximum atomic E-state index is 13.1. The highest BCUT2D eigenvalue weighted by molar-refractivity contribution is 7.60. The van der Waals surface area contributed by atoms with Gasteiger partial charge in [-0.15, -0.1) is 0 Å². The second-order valence-electron chi connectivity index (χ2n) is 7.80. The van der Waals surface area contributed by atoms with Crippen molar-refractivity contribution in [3.05, 3.63) is 57.0 Å². The first-order valence-electron chi connectivity index (χ1n) is 10.3. The van der Waals surface area contributed by atoms with Gasteiger partial charge in [0.25, 0.3) is 5.56 Å². The van der Waals surface area contributed by atoms with Gasteiger partial charge in [0.1, 0.15) is 29.8 Å². The van der Waals surface area contributed by atoms with E-state index in [1.54, 1.807) is 18.2 Å². The van der Waals surface area contributed by atoms with Crippen LogP contribution in [0.3, 0.4) is 0 Å². The number of hydrogen-bond donors (Lipinski definition) is 5. The zero-order valence-corrected chi connectivity index (χ0v) is 20.5. The maximum absolute atomic E-state index is 13.1. The third kappa shape index (κ3) is 5.91. The number of phosphoric acid groups is 2. The van der Waals surface area contributed by atoms with Gasteiger partial charge in [-0.3, -0.25) is 18.5 Å². The number of fused-ring (bicyclic) bond motifs is 1. The van der Waals surface area contributed by atoms with Gasteiger partial charge in [-0.1, -0.05) is 5.16 Å². The Labute approximate surface area is 205 Å². The molecule has 0 aliphatic carbocycles. The molecule has 1 saturated heterocycles. The number of aliphatic hydroxyl groups is 2. The molecule has 3 aromatic rings. The summed E-state index contributed by atoms with van der Waals surface area (Å²) in [5.74, 6) is 0.484. The second-order valence-corrected chi connectivity index (χ2v) is 10.6. The van der Waals surface area contributed by atoms with Gasteiger partial charge in [-0.2, -0.15) is 4.31 Å². The minimum absolute atomic E-state index is 0.230. The van der Waals surface area contributed by atoms with Gasteiger partial charge < -0.3 is 38.9 Å². The van der Waals surface area contributed by atoms with Crippen molar-refractivity contribution in [1.29, 1.82) is 0 Å². The van der Waals surface area contributed by atoms with Crippen molar-refractivity contribution in [1.82, 2.24) is 14.3 Å². The lowest BCUT2D eigenvalue weighted by Gasteiger charge is -2.19. The zero-order valence-electron chi connectivity index (χ0n) is 18.8. The van der Waals surface area contributed by atoms with Crippen molar-refractivity contribution in [2.45, 2.75) is 31.1 Å². The van der Waals surface area contributed by atoms with Crippen molar-refractivity contribution in [2.75, 3.05) is 13.7 Å². The van der Waals surface area contributed by atoms with Crippen LogP contribution in [0.1, 0.15) is 11.9 Å². The van der Waals surface area contributed by atoms with Crippen LogP contribution in [0.4, 0.5) is 0 Å². The van der Waals surface area contributed by atoms with Crippen LogP contribution in [0.5, 0.6) is 5.75 Å². The summed E-state index contributed by atoms with van der Waals surface area (Å²) in [5, 5.41) is 25.1. The molecule has 2 aromatic heterocycles. The molecule has 37 heavy (non-hydrogen) atoms. The topological polar surface area (TPSA) is 242 Å². The third-order valence-corrected chi connectivity index (χ3v) is 7.53. The summed E-state index contributed by atoms with van der Waals surface area (Å²) in [6.07, 6.45) is -5.62. The molecule has 1 unspecified atom stereocenters. The normalized spacial score (nSPS) is 23.8. The van der Waals surface area contributed by atoms with E-state index in [9.17, 15) is 33.8 Å².